The summed E-state index contributed by atoms with van der Waals surface area (Å²) in [4.78, 5) is 2.23. The Morgan fingerprint density at radius 2 is 2.45 bits per heavy atom. The third kappa shape index (κ3) is 2.03. The van der Waals surface area contributed by atoms with Crippen molar-refractivity contribution in [1.82, 2.24) is 4.90 Å². The monoisotopic (exact) mass is 157 g/mol. The van der Waals surface area contributed by atoms with E-state index in [1.165, 1.54) is 12.8 Å². The molecule has 0 N–H and O–H groups in total. The molecule has 1 fully saturated rings. The third-order valence-electron chi connectivity index (χ3n) is 2.35. The molecule has 0 aliphatic carbocycles. The van der Waals surface area contributed by atoms with Crippen LogP contribution in [0.2, 0.25) is 0 Å². The predicted octanol–water partition coefficient (Wildman–Crippen LogP) is 2.34. The molecule has 0 amide bonds. The van der Waals surface area contributed by atoms with Gasteiger partial charge in [-0.3, -0.25) is 4.90 Å². The molecule has 1 aliphatic rings. The third-order valence-corrected chi connectivity index (χ3v) is 2.35. The van der Waals surface area contributed by atoms with Crippen molar-refractivity contribution in [3.8, 4) is 0 Å². The van der Waals surface area contributed by atoms with Crippen LogP contribution in [0.15, 0.2) is 11.9 Å². The molecule has 1 saturated heterocycles. The molecular formula is C9H16FN. The average molecular weight is 157 g/mol. The Morgan fingerprint density at radius 3 is 2.91 bits per heavy atom. The van der Waals surface area contributed by atoms with E-state index in [0.717, 1.165) is 24.9 Å². The van der Waals surface area contributed by atoms with Gasteiger partial charge in [0.1, 0.15) is 0 Å². The van der Waals surface area contributed by atoms with Gasteiger partial charge in [0.05, 0.1) is 6.33 Å². The predicted molar refractivity (Wildman–Crippen MR) is 45.1 cm³/mol. The second-order valence-corrected chi connectivity index (χ2v) is 3.33. The van der Waals surface area contributed by atoms with E-state index in [1.807, 2.05) is 0 Å². The molecule has 1 unspecified atom stereocenters. The Kier molecular flexibility index (Phi) is 3.06. The van der Waals surface area contributed by atoms with Crippen LogP contribution in [0.4, 0.5) is 4.39 Å². The van der Waals surface area contributed by atoms with Crippen LogP contribution >= 0.6 is 0 Å². The number of rotatable bonds is 2. The molecule has 1 rings (SSSR count). The van der Waals surface area contributed by atoms with Crippen molar-refractivity contribution in [3.05, 3.63) is 11.9 Å². The van der Waals surface area contributed by atoms with E-state index in [1.54, 1.807) is 0 Å². The Morgan fingerprint density at radius 1 is 1.73 bits per heavy atom. The molecule has 11 heavy (non-hydrogen) atoms. The van der Waals surface area contributed by atoms with Crippen molar-refractivity contribution in [2.45, 2.75) is 32.2 Å². The van der Waals surface area contributed by atoms with E-state index in [4.69, 9.17) is 0 Å². The smallest absolute Gasteiger partial charge is 0.0872 e. The van der Waals surface area contributed by atoms with Crippen molar-refractivity contribution in [2.24, 2.45) is 0 Å². The molecule has 0 aromatic carbocycles. The van der Waals surface area contributed by atoms with E-state index in [2.05, 4.69) is 18.9 Å². The minimum absolute atomic E-state index is 0.585. The quantitative estimate of drug-likeness (QED) is 0.594. The highest BCUT2D eigenvalue weighted by Gasteiger charge is 2.23. The molecule has 1 heterocycles. The van der Waals surface area contributed by atoms with Crippen molar-refractivity contribution in [1.29, 1.82) is 0 Å². The largest absolute Gasteiger partial charge is 0.299 e. The van der Waals surface area contributed by atoms with Crippen LogP contribution in [0.25, 0.3) is 0 Å². The first-order valence-corrected chi connectivity index (χ1v) is 4.26. The van der Waals surface area contributed by atoms with Gasteiger partial charge in [0.15, 0.2) is 0 Å². The van der Waals surface area contributed by atoms with Crippen LogP contribution in [0.5, 0.6) is 0 Å². The Bertz CT molecular complexity index is 154. The molecule has 0 spiro atoms. The summed E-state index contributed by atoms with van der Waals surface area (Å²) < 4.78 is 12.1. The number of hydrogen-bond acceptors (Lipinski definition) is 1. The fraction of sp³-hybridized carbons (Fsp3) is 0.778. The molecule has 0 aromatic heterocycles. The second kappa shape index (κ2) is 3.86. The number of likely N-dealkylation sites (N-methyl/N-ethyl adjacent to an activating group) is 1. The van der Waals surface area contributed by atoms with Crippen LogP contribution < -0.4 is 0 Å². The van der Waals surface area contributed by atoms with E-state index < -0.39 is 0 Å². The number of nitrogens with zero attached hydrogens (tertiary/aromatic N) is 1. The Hall–Kier alpha value is -0.370. The zero-order valence-corrected chi connectivity index (χ0v) is 7.31. The summed E-state index contributed by atoms with van der Waals surface area (Å²) in [6, 6.07) is 0.585. The first-order chi connectivity index (χ1) is 5.27. The first kappa shape index (κ1) is 8.72. The van der Waals surface area contributed by atoms with E-state index in [-0.39, 0.29) is 0 Å². The molecule has 0 aromatic rings. The maximum atomic E-state index is 12.1. The van der Waals surface area contributed by atoms with Gasteiger partial charge in [0.2, 0.25) is 0 Å². The van der Waals surface area contributed by atoms with E-state index in [0.29, 0.717) is 6.04 Å². The van der Waals surface area contributed by atoms with Crippen molar-refractivity contribution >= 4 is 0 Å². The molecule has 1 nitrogen and oxygen atoms in total. The minimum Gasteiger partial charge on any atom is -0.299 e. The lowest BCUT2D eigenvalue weighted by Crippen LogP contribution is -2.24. The maximum Gasteiger partial charge on any atom is 0.0872 e. The summed E-state index contributed by atoms with van der Waals surface area (Å²) in [7, 11) is 2.07. The molecule has 0 radical (unpaired) electrons. The van der Waals surface area contributed by atoms with Crippen LogP contribution in [-0.4, -0.2) is 24.5 Å². The fourth-order valence-electron chi connectivity index (χ4n) is 1.71. The summed E-state index contributed by atoms with van der Waals surface area (Å²) >= 11 is 0. The summed E-state index contributed by atoms with van der Waals surface area (Å²) in [6.07, 6.45) is 4.08. The van der Waals surface area contributed by atoms with E-state index >= 15 is 0 Å². The summed E-state index contributed by atoms with van der Waals surface area (Å²) in [6.45, 7) is 2.99. The van der Waals surface area contributed by atoms with Gasteiger partial charge in [0, 0.05) is 12.6 Å². The van der Waals surface area contributed by atoms with Gasteiger partial charge >= 0.3 is 0 Å². The number of hydrogen-bond donors (Lipinski definition) is 0. The van der Waals surface area contributed by atoms with Gasteiger partial charge in [-0.1, -0.05) is 13.3 Å². The molecule has 64 valence electrons. The molecule has 0 saturated carbocycles. The van der Waals surface area contributed by atoms with Gasteiger partial charge in [-0.2, -0.15) is 0 Å². The van der Waals surface area contributed by atoms with Gasteiger partial charge in [-0.05, 0) is 25.5 Å². The summed E-state index contributed by atoms with van der Waals surface area (Å²) in [5, 5.41) is 0. The van der Waals surface area contributed by atoms with Crippen molar-refractivity contribution in [3.63, 3.8) is 0 Å². The van der Waals surface area contributed by atoms with Gasteiger partial charge in [-0.15, -0.1) is 0 Å². The van der Waals surface area contributed by atoms with Crippen LogP contribution in [0.3, 0.4) is 0 Å². The minimum atomic E-state index is 0.585. The first-order valence-electron chi connectivity index (χ1n) is 4.26. The maximum absolute atomic E-state index is 12.1. The fourth-order valence-corrected chi connectivity index (χ4v) is 1.71. The molecule has 1 atom stereocenters. The van der Waals surface area contributed by atoms with Gasteiger partial charge in [0.25, 0.3) is 0 Å². The highest BCUT2D eigenvalue weighted by atomic mass is 19.1. The summed E-state index contributed by atoms with van der Waals surface area (Å²) in [5.74, 6) is 0. The lowest BCUT2D eigenvalue weighted by atomic mass is 10.1. The van der Waals surface area contributed by atoms with Crippen molar-refractivity contribution < 1.29 is 4.39 Å². The highest BCUT2D eigenvalue weighted by Crippen LogP contribution is 2.23. The normalized spacial score (nSPS) is 30.1. The Balaban J connectivity index is 2.45. The summed E-state index contributed by atoms with van der Waals surface area (Å²) in [5.41, 5.74) is 0.950. The van der Waals surface area contributed by atoms with Gasteiger partial charge in [-0.25, -0.2) is 4.39 Å². The SMILES string of the molecule is CCCC1C/C(=C\F)CN1C. The average Bonchev–Trinajstić information content (AvgIpc) is 2.33. The van der Waals surface area contributed by atoms with Gasteiger partial charge < -0.3 is 0 Å². The number of halogens is 1. The second-order valence-electron chi connectivity index (χ2n) is 3.33. The molecular weight excluding hydrogens is 141 g/mol. The Labute approximate surface area is 67.9 Å². The van der Waals surface area contributed by atoms with E-state index in [9.17, 15) is 4.39 Å². The zero-order valence-electron chi connectivity index (χ0n) is 7.31. The molecule has 1 aliphatic heterocycles. The van der Waals surface area contributed by atoms with Crippen LogP contribution in [0, 0.1) is 0 Å². The standard InChI is InChI=1S/C9H16FN/c1-3-4-9-5-8(6-10)7-11(9)2/h6,9H,3-5,7H2,1-2H3/b8-6+. The van der Waals surface area contributed by atoms with Crippen LogP contribution in [0.1, 0.15) is 26.2 Å². The lowest BCUT2D eigenvalue weighted by Gasteiger charge is -2.17. The van der Waals surface area contributed by atoms with Crippen molar-refractivity contribution in [2.75, 3.05) is 13.6 Å². The topological polar surface area (TPSA) is 3.24 Å². The molecule has 2 heteroatoms. The molecule has 0 bridgehead atoms. The highest BCUT2D eigenvalue weighted by molar-refractivity contribution is 5.09. The zero-order chi connectivity index (χ0) is 8.27. The van der Waals surface area contributed by atoms with Crippen LogP contribution in [-0.2, 0) is 0 Å². The number of likely N-dealkylation sites (tertiary alicyclic amines) is 1. The lowest BCUT2D eigenvalue weighted by molar-refractivity contribution is 0.295.